The number of nitrogens with two attached hydrogens (primary N) is 1. The molecule has 2 nitrogen and oxygen atoms in total. The lowest BCUT2D eigenvalue weighted by molar-refractivity contribution is 0.229. The van der Waals surface area contributed by atoms with Crippen LogP contribution in [-0.4, -0.2) is 12.1 Å². The highest BCUT2D eigenvalue weighted by Gasteiger charge is 2.30. The minimum absolute atomic E-state index is 0.00127. The molecule has 1 aliphatic rings. The zero-order valence-electron chi connectivity index (χ0n) is 10.3. The number of halogens is 1. The fourth-order valence-electron chi connectivity index (χ4n) is 2.74. The molecule has 1 aliphatic carbocycles. The first-order chi connectivity index (χ1) is 8.07. The van der Waals surface area contributed by atoms with Crippen LogP contribution < -0.4 is 11.1 Å². The Kier molecular flexibility index (Phi) is 4.47. The van der Waals surface area contributed by atoms with Crippen molar-refractivity contribution in [1.29, 1.82) is 0 Å². The predicted octanol–water partition coefficient (Wildman–Crippen LogP) is 3.40. The molecule has 0 aliphatic heterocycles. The molecule has 0 bridgehead atoms. The summed E-state index contributed by atoms with van der Waals surface area (Å²) in [5.41, 5.74) is 6.43. The second kappa shape index (κ2) is 5.70. The lowest BCUT2D eigenvalue weighted by Crippen LogP contribution is -2.51. The molecule has 0 amide bonds. The summed E-state index contributed by atoms with van der Waals surface area (Å²) in [7, 11) is 0. The SMILES string of the molecule is CC1CCCC(N)(CNCc2ccc(Cl)s2)C1. The molecule has 3 N–H and O–H groups in total. The van der Waals surface area contributed by atoms with E-state index >= 15 is 0 Å². The van der Waals surface area contributed by atoms with Crippen LogP contribution in [0.4, 0.5) is 0 Å². The molecular formula is C13H21ClN2S. The van der Waals surface area contributed by atoms with Gasteiger partial charge in [0.25, 0.3) is 0 Å². The number of rotatable bonds is 4. The van der Waals surface area contributed by atoms with E-state index in [1.54, 1.807) is 11.3 Å². The molecule has 0 radical (unpaired) electrons. The van der Waals surface area contributed by atoms with Crippen molar-refractivity contribution < 1.29 is 0 Å². The minimum Gasteiger partial charge on any atom is -0.324 e. The van der Waals surface area contributed by atoms with Gasteiger partial charge in [0.15, 0.2) is 0 Å². The average Bonchev–Trinajstić information content (AvgIpc) is 2.63. The molecule has 1 fully saturated rings. The first-order valence-corrected chi connectivity index (χ1v) is 7.51. The standard InChI is InChI=1S/C13H21ClN2S/c1-10-3-2-6-13(15,7-10)9-16-8-11-4-5-12(14)17-11/h4-5,10,16H,2-3,6-9,15H2,1H3. The van der Waals surface area contributed by atoms with Gasteiger partial charge in [-0.05, 0) is 30.9 Å². The Morgan fingerprint density at radius 1 is 1.59 bits per heavy atom. The van der Waals surface area contributed by atoms with Gasteiger partial charge in [0.2, 0.25) is 0 Å². The summed E-state index contributed by atoms with van der Waals surface area (Å²) in [4.78, 5) is 1.28. The highest BCUT2D eigenvalue weighted by Crippen LogP contribution is 2.30. The van der Waals surface area contributed by atoms with Gasteiger partial charge < -0.3 is 11.1 Å². The van der Waals surface area contributed by atoms with Crippen molar-refractivity contribution in [2.24, 2.45) is 11.7 Å². The van der Waals surface area contributed by atoms with Crippen LogP contribution in [0.15, 0.2) is 12.1 Å². The Labute approximate surface area is 113 Å². The van der Waals surface area contributed by atoms with Crippen molar-refractivity contribution in [3.63, 3.8) is 0 Å². The summed E-state index contributed by atoms with van der Waals surface area (Å²) in [5.74, 6) is 0.770. The van der Waals surface area contributed by atoms with Crippen LogP contribution in [0.5, 0.6) is 0 Å². The normalized spacial score (nSPS) is 29.5. The number of hydrogen-bond acceptors (Lipinski definition) is 3. The van der Waals surface area contributed by atoms with Crippen LogP contribution in [0.25, 0.3) is 0 Å². The molecule has 0 spiro atoms. The van der Waals surface area contributed by atoms with Crippen molar-refractivity contribution in [3.8, 4) is 0 Å². The largest absolute Gasteiger partial charge is 0.324 e. The summed E-state index contributed by atoms with van der Waals surface area (Å²) in [6.45, 7) is 4.09. The van der Waals surface area contributed by atoms with Crippen molar-refractivity contribution in [3.05, 3.63) is 21.3 Å². The molecule has 0 saturated heterocycles. The van der Waals surface area contributed by atoms with Gasteiger partial charge in [-0.25, -0.2) is 0 Å². The highest BCUT2D eigenvalue weighted by atomic mass is 35.5. The van der Waals surface area contributed by atoms with Gasteiger partial charge in [0.1, 0.15) is 0 Å². The maximum atomic E-state index is 6.43. The van der Waals surface area contributed by atoms with Crippen LogP contribution in [0.1, 0.15) is 37.5 Å². The third-order valence-corrected chi connectivity index (χ3v) is 4.76. The fraction of sp³-hybridized carbons (Fsp3) is 0.692. The molecule has 1 aromatic heterocycles. The van der Waals surface area contributed by atoms with Gasteiger partial charge in [-0.3, -0.25) is 0 Å². The molecular weight excluding hydrogens is 252 g/mol. The van der Waals surface area contributed by atoms with E-state index in [2.05, 4.69) is 18.3 Å². The van der Waals surface area contributed by atoms with E-state index in [9.17, 15) is 0 Å². The fourth-order valence-corrected chi connectivity index (χ4v) is 3.80. The quantitative estimate of drug-likeness (QED) is 0.882. The highest BCUT2D eigenvalue weighted by molar-refractivity contribution is 7.16. The van der Waals surface area contributed by atoms with Crippen LogP contribution in [0, 0.1) is 5.92 Å². The lowest BCUT2D eigenvalue weighted by Gasteiger charge is -2.37. The molecule has 17 heavy (non-hydrogen) atoms. The molecule has 1 heterocycles. The summed E-state index contributed by atoms with van der Waals surface area (Å²) < 4.78 is 0.857. The summed E-state index contributed by atoms with van der Waals surface area (Å²) >= 11 is 7.54. The van der Waals surface area contributed by atoms with Gasteiger partial charge in [-0.15, -0.1) is 11.3 Å². The summed E-state index contributed by atoms with van der Waals surface area (Å²) in [6, 6.07) is 4.02. The van der Waals surface area contributed by atoms with E-state index in [1.165, 1.54) is 17.7 Å². The second-order valence-corrected chi connectivity index (χ2v) is 7.17. The van der Waals surface area contributed by atoms with Crippen molar-refractivity contribution >= 4 is 22.9 Å². The third kappa shape index (κ3) is 3.95. The van der Waals surface area contributed by atoms with Gasteiger partial charge >= 0.3 is 0 Å². The van der Waals surface area contributed by atoms with Gasteiger partial charge in [-0.2, -0.15) is 0 Å². The Morgan fingerprint density at radius 3 is 3.06 bits per heavy atom. The summed E-state index contributed by atoms with van der Waals surface area (Å²) in [5, 5.41) is 3.47. The average molecular weight is 273 g/mol. The topological polar surface area (TPSA) is 38.0 Å². The maximum Gasteiger partial charge on any atom is 0.0931 e. The van der Waals surface area contributed by atoms with E-state index in [4.69, 9.17) is 17.3 Å². The van der Waals surface area contributed by atoms with E-state index in [1.807, 2.05) is 6.07 Å². The van der Waals surface area contributed by atoms with Crippen molar-refractivity contribution in [1.82, 2.24) is 5.32 Å². The molecule has 0 aromatic carbocycles. The Balaban J connectivity index is 1.77. The zero-order chi connectivity index (χ0) is 12.3. The van der Waals surface area contributed by atoms with Crippen LogP contribution in [0.2, 0.25) is 4.34 Å². The molecule has 2 rings (SSSR count). The van der Waals surface area contributed by atoms with E-state index in [0.29, 0.717) is 0 Å². The number of hydrogen-bond donors (Lipinski definition) is 2. The monoisotopic (exact) mass is 272 g/mol. The van der Waals surface area contributed by atoms with Crippen molar-refractivity contribution in [2.45, 2.75) is 44.7 Å². The van der Waals surface area contributed by atoms with Crippen LogP contribution >= 0.6 is 22.9 Å². The van der Waals surface area contributed by atoms with Gasteiger partial charge in [0.05, 0.1) is 4.34 Å². The smallest absolute Gasteiger partial charge is 0.0931 e. The van der Waals surface area contributed by atoms with Gasteiger partial charge in [-0.1, -0.05) is 31.4 Å². The molecule has 96 valence electrons. The molecule has 2 unspecified atom stereocenters. The molecule has 1 aromatic rings. The zero-order valence-corrected chi connectivity index (χ0v) is 11.9. The van der Waals surface area contributed by atoms with Crippen LogP contribution in [-0.2, 0) is 6.54 Å². The summed E-state index contributed by atoms with van der Waals surface area (Å²) in [6.07, 6.45) is 4.89. The first kappa shape index (κ1) is 13.3. The Hall–Kier alpha value is -0.0900. The van der Waals surface area contributed by atoms with E-state index in [0.717, 1.165) is 36.2 Å². The maximum absolute atomic E-state index is 6.43. The van der Waals surface area contributed by atoms with Gasteiger partial charge in [0, 0.05) is 23.5 Å². The van der Waals surface area contributed by atoms with E-state index < -0.39 is 0 Å². The molecule has 2 atom stereocenters. The predicted molar refractivity (Wildman–Crippen MR) is 75.6 cm³/mol. The number of nitrogens with one attached hydrogen (secondary N) is 1. The Bertz CT molecular complexity index is 366. The van der Waals surface area contributed by atoms with E-state index in [-0.39, 0.29) is 5.54 Å². The minimum atomic E-state index is -0.00127. The second-order valence-electron chi connectivity index (χ2n) is 5.37. The first-order valence-electron chi connectivity index (χ1n) is 6.31. The number of thiophene rings is 1. The lowest BCUT2D eigenvalue weighted by atomic mass is 9.77. The third-order valence-electron chi connectivity index (χ3n) is 3.53. The van der Waals surface area contributed by atoms with Crippen molar-refractivity contribution in [2.75, 3.05) is 6.54 Å². The molecule has 1 saturated carbocycles. The van der Waals surface area contributed by atoms with Crippen LogP contribution in [0.3, 0.4) is 0 Å². The Morgan fingerprint density at radius 2 is 2.41 bits per heavy atom. The molecule has 4 heteroatoms.